The van der Waals surface area contributed by atoms with E-state index < -0.39 is 40.8 Å². The SMILES string of the molecule is Cc1c(NCCCC(C(=O)O)N2CCN(CC(=O)O)CCN(CC(=O)O)CCN(CC(=O)O)CC2)c(=O)c1=O. The Bertz CT molecular complexity index is 1050. The molecule has 1 aliphatic heterocycles. The first-order valence-corrected chi connectivity index (χ1v) is 12.7. The zero-order valence-corrected chi connectivity index (χ0v) is 22.0. The van der Waals surface area contributed by atoms with E-state index in [2.05, 4.69) is 5.32 Å². The predicted molar refractivity (Wildman–Crippen MR) is 139 cm³/mol. The highest BCUT2D eigenvalue weighted by molar-refractivity contribution is 5.73. The van der Waals surface area contributed by atoms with Gasteiger partial charge < -0.3 is 25.7 Å². The van der Waals surface area contributed by atoms with Crippen molar-refractivity contribution in [2.45, 2.75) is 25.8 Å². The van der Waals surface area contributed by atoms with Crippen molar-refractivity contribution in [1.29, 1.82) is 0 Å². The number of hydrogen-bond donors (Lipinski definition) is 5. The number of carbonyl (C=O) groups is 4. The van der Waals surface area contributed by atoms with E-state index in [1.165, 1.54) is 6.92 Å². The van der Waals surface area contributed by atoms with Crippen LogP contribution in [-0.2, 0) is 19.2 Å². The number of rotatable bonds is 13. The number of nitrogens with zero attached hydrogens (tertiary/aromatic N) is 4. The number of carboxylic acid groups (broad SMARTS) is 4. The number of nitrogens with one attached hydrogen (secondary N) is 1. The third-order valence-corrected chi connectivity index (χ3v) is 6.78. The topological polar surface area (TPSA) is 208 Å². The van der Waals surface area contributed by atoms with Crippen molar-refractivity contribution in [2.24, 2.45) is 0 Å². The van der Waals surface area contributed by atoms with E-state index in [0.717, 1.165) is 0 Å². The molecule has 1 atom stereocenters. The van der Waals surface area contributed by atoms with E-state index in [1.54, 1.807) is 19.6 Å². The van der Waals surface area contributed by atoms with Gasteiger partial charge in [0.15, 0.2) is 0 Å². The van der Waals surface area contributed by atoms with E-state index in [4.69, 9.17) is 0 Å². The summed E-state index contributed by atoms with van der Waals surface area (Å²) in [6.07, 6.45) is 0.564. The highest BCUT2D eigenvalue weighted by Gasteiger charge is 2.28. The molecule has 15 heteroatoms. The summed E-state index contributed by atoms with van der Waals surface area (Å²) in [7, 11) is 0. The first-order chi connectivity index (χ1) is 18.4. The maximum atomic E-state index is 12.2. The van der Waals surface area contributed by atoms with Crippen LogP contribution in [0.4, 0.5) is 5.69 Å². The summed E-state index contributed by atoms with van der Waals surface area (Å²) >= 11 is 0. The fraction of sp³-hybridized carbons (Fsp3) is 0.667. The molecule has 0 bridgehead atoms. The molecule has 15 nitrogen and oxygen atoms in total. The molecule has 2 rings (SSSR count). The van der Waals surface area contributed by atoms with Crippen molar-refractivity contribution in [1.82, 2.24) is 19.6 Å². The summed E-state index contributed by atoms with van der Waals surface area (Å²) in [4.78, 5) is 75.9. The Hall–Kier alpha value is -3.40. The lowest BCUT2D eigenvalue weighted by Crippen LogP contribution is -2.51. The lowest BCUT2D eigenvalue weighted by Gasteiger charge is -2.35. The first kappa shape index (κ1) is 31.8. The molecule has 1 fully saturated rings. The second kappa shape index (κ2) is 15.3. The van der Waals surface area contributed by atoms with E-state index in [0.29, 0.717) is 12.0 Å². The maximum Gasteiger partial charge on any atom is 0.320 e. The van der Waals surface area contributed by atoms with Crippen molar-refractivity contribution >= 4 is 29.6 Å². The van der Waals surface area contributed by atoms with Crippen molar-refractivity contribution in [2.75, 3.05) is 83.9 Å². The number of anilines is 1. The second-order valence-corrected chi connectivity index (χ2v) is 9.63. The summed E-state index contributed by atoms with van der Waals surface area (Å²) < 4.78 is 0. The van der Waals surface area contributed by atoms with Crippen LogP contribution < -0.4 is 16.2 Å². The van der Waals surface area contributed by atoms with Gasteiger partial charge in [-0.15, -0.1) is 0 Å². The minimum atomic E-state index is -1.09. The van der Waals surface area contributed by atoms with E-state index >= 15 is 0 Å². The Morgan fingerprint density at radius 3 is 1.49 bits per heavy atom. The van der Waals surface area contributed by atoms with Gasteiger partial charge in [0.2, 0.25) is 10.9 Å². The van der Waals surface area contributed by atoms with Gasteiger partial charge in [0.1, 0.15) is 6.04 Å². The fourth-order valence-electron chi connectivity index (χ4n) is 4.60. The van der Waals surface area contributed by atoms with Gasteiger partial charge in [-0.2, -0.15) is 0 Å². The summed E-state index contributed by atoms with van der Waals surface area (Å²) in [5.74, 6) is -4.28. The number of hydrogen-bond acceptors (Lipinski definition) is 11. The Balaban J connectivity index is 2.15. The molecular weight excluding hydrogens is 518 g/mol. The average molecular weight is 556 g/mol. The highest BCUT2D eigenvalue weighted by Crippen LogP contribution is 2.12. The minimum absolute atomic E-state index is 0.189. The zero-order valence-electron chi connectivity index (χ0n) is 22.0. The molecule has 0 saturated carbocycles. The molecule has 39 heavy (non-hydrogen) atoms. The summed E-state index contributed by atoms with van der Waals surface area (Å²) in [5.41, 5.74) is -0.548. The summed E-state index contributed by atoms with van der Waals surface area (Å²) in [6.45, 7) is 2.66. The van der Waals surface area contributed by atoms with Crippen LogP contribution in [0.25, 0.3) is 0 Å². The molecule has 0 aliphatic carbocycles. The third kappa shape index (κ3) is 10.4. The Morgan fingerprint density at radius 1 is 0.718 bits per heavy atom. The molecule has 1 aromatic rings. The Labute approximate surface area is 224 Å². The fourth-order valence-corrected chi connectivity index (χ4v) is 4.60. The molecule has 1 saturated heterocycles. The normalized spacial score (nSPS) is 18.2. The molecule has 1 unspecified atom stereocenters. The van der Waals surface area contributed by atoms with Crippen molar-refractivity contribution in [3.05, 3.63) is 26.0 Å². The molecule has 5 N–H and O–H groups in total. The van der Waals surface area contributed by atoms with Gasteiger partial charge >= 0.3 is 23.9 Å². The maximum absolute atomic E-state index is 12.2. The Kier molecular flexibility index (Phi) is 12.4. The van der Waals surface area contributed by atoms with Gasteiger partial charge in [-0.3, -0.25) is 48.4 Å². The van der Waals surface area contributed by atoms with Crippen LogP contribution in [0.5, 0.6) is 0 Å². The van der Waals surface area contributed by atoms with Gasteiger partial charge in [0.25, 0.3) is 0 Å². The molecule has 0 radical (unpaired) electrons. The van der Waals surface area contributed by atoms with E-state index in [9.17, 15) is 49.2 Å². The Morgan fingerprint density at radius 2 is 1.13 bits per heavy atom. The second-order valence-electron chi connectivity index (χ2n) is 9.63. The van der Waals surface area contributed by atoms with Crippen LogP contribution in [0.3, 0.4) is 0 Å². The summed E-state index contributed by atoms with van der Waals surface area (Å²) in [6, 6.07) is -0.953. The average Bonchev–Trinajstić information content (AvgIpc) is 2.85. The van der Waals surface area contributed by atoms with Crippen LogP contribution >= 0.6 is 0 Å². The van der Waals surface area contributed by atoms with Crippen molar-refractivity contribution in [3.8, 4) is 0 Å². The van der Waals surface area contributed by atoms with Gasteiger partial charge in [-0.25, -0.2) is 0 Å². The molecular formula is C24H37N5O10. The van der Waals surface area contributed by atoms with Crippen molar-refractivity contribution < 1.29 is 39.6 Å². The summed E-state index contributed by atoms with van der Waals surface area (Å²) in [5, 5.41) is 40.8. The number of aliphatic carboxylic acids is 4. The molecule has 0 amide bonds. The van der Waals surface area contributed by atoms with Crippen LogP contribution in [0.15, 0.2) is 9.59 Å². The molecule has 0 spiro atoms. The van der Waals surface area contributed by atoms with E-state index in [1.807, 2.05) is 0 Å². The first-order valence-electron chi connectivity index (χ1n) is 12.7. The van der Waals surface area contributed by atoms with Crippen LogP contribution in [0, 0.1) is 6.92 Å². The molecule has 1 aliphatic rings. The van der Waals surface area contributed by atoms with Gasteiger partial charge in [-0.05, 0) is 19.8 Å². The van der Waals surface area contributed by atoms with Gasteiger partial charge in [0.05, 0.1) is 25.3 Å². The predicted octanol–water partition coefficient (Wildman–Crippen LogP) is -2.29. The van der Waals surface area contributed by atoms with Crippen molar-refractivity contribution in [3.63, 3.8) is 0 Å². The van der Waals surface area contributed by atoms with Gasteiger partial charge in [-0.1, -0.05) is 0 Å². The largest absolute Gasteiger partial charge is 0.480 e. The lowest BCUT2D eigenvalue weighted by atomic mass is 10.1. The van der Waals surface area contributed by atoms with Gasteiger partial charge in [0, 0.05) is 64.5 Å². The highest BCUT2D eigenvalue weighted by atomic mass is 16.4. The molecule has 218 valence electrons. The van der Waals surface area contributed by atoms with Crippen LogP contribution in [0.2, 0.25) is 0 Å². The smallest absolute Gasteiger partial charge is 0.320 e. The van der Waals surface area contributed by atoms with Crippen LogP contribution in [-0.4, -0.2) is 148 Å². The number of carboxylic acids is 4. The lowest BCUT2D eigenvalue weighted by molar-refractivity contribution is -0.145. The standard InChI is InChI=1S/C24H37N5O10/c1-16-21(23(37)22(16)36)25-4-2-3-17(24(38)39)29-11-9-27(14-19(32)33)7-5-26(13-18(30)31)6-8-28(10-12-29)15-20(34)35/h17,25H,2-15H2,1H3,(H,30,31)(H,32,33)(H,34,35)(H,38,39). The van der Waals surface area contributed by atoms with Crippen LogP contribution in [0.1, 0.15) is 18.4 Å². The monoisotopic (exact) mass is 555 g/mol. The minimum Gasteiger partial charge on any atom is -0.480 e. The molecule has 1 aromatic carbocycles. The molecule has 0 aromatic heterocycles. The van der Waals surface area contributed by atoms with E-state index in [-0.39, 0.29) is 90.6 Å². The quantitative estimate of drug-likeness (QED) is 0.128. The third-order valence-electron chi connectivity index (χ3n) is 6.78. The zero-order chi connectivity index (χ0) is 29.1. The molecule has 1 heterocycles.